The van der Waals surface area contributed by atoms with Gasteiger partial charge >= 0.3 is 0 Å². The van der Waals surface area contributed by atoms with Gasteiger partial charge in [0.05, 0.1) is 0 Å². The van der Waals surface area contributed by atoms with E-state index < -0.39 is 17.9 Å². The Labute approximate surface area is 140 Å². The van der Waals surface area contributed by atoms with Gasteiger partial charge in [-0.3, -0.25) is 19.7 Å². The Kier molecular flexibility index (Phi) is 4.40. The number of thiazole rings is 1. The summed E-state index contributed by atoms with van der Waals surface area (Å²) >= 11 is 7.17. The molecule has 1 atom stereocenters. The average molecular weight is 350 g/mol. The smallest absolute Gasteiger partial charge is 0.271 e. The fourth-order valence-electron chi connectivity index (χ4n) is 2.17. The van der Waals surface area contributed by atoms with Gasteiger partial charge in [-0.2, -0.15) is 0 Å². The molecule has 0 radical (unpaired) electrons. The van der Waals surface area contributed by atoms with Crippen molar-refractivity contribution in [2.75, 3.05) is 0 Å². The van der Waals surface area contributed by atoms with E-state index in [-0.39, 0.29) is 18.0 Å². The molecule has 0 bridgehead atoms. The Balaban J connectivity index is 1.70. The van der Waals surface area contributed by atoms with Crippen molar-refractivity contribution < 1.29 is 14.4 Å². The van der Waals surface area contributed by atoms with Crippen LogP contribution in [0, 0.1) is 0 Å². The highest BCUT2D eigenvalue weighted by Gasteiger charge is 2.28. The molecule has 3 rings (SSSR count). The molecule has 2 aromatic rings. The van der Waals surface area contributed by atoms with Gasteiger partial charge in [0.25, 0.3) is 5.91 Å². The summed E-state index contributed by atoms with van der Waals surface area (Å²) in [6, 6.07) is 6.44. The Hall–Kier alpha value is -2.25. The first-order valence-corrected chi connectivity index (χ1v) is 8.15. The summed E-state index contributed by atoms with van der Waals surface area (Å²) in [5.74, 6) is -1.24. The minimum absolute atomic E-state index is 0.212. The predicted molar refractivity (Wildman–Crippen MR) is 86.2 cm³/mol. The monoisotopic (exact) mass is 349 g/mol. The standard InChI is InChI=1S/C15H12ClN3O3S/c16-9-3-1-8(2-4-9)15-18-11(7-23-15)14(22)17-10-5-6-12(20)19-13(10)21/h1-4,7,10H,5-6H2,(H,17,22)(H,19,20,21)/t10-/m0/s1. The van der Waals surface area contributed by atoms with Crippen molar-refractivity contribution in [3.05, 3.63) is 40.4 Å². The summed E-state index contributed by atoms with van der Waals surface area (Å²) < 4.78 is 0. The van der Waals surface area contributed by atoms with Crippen molar-refractivity contribution in [1.29, 1.82) is 0 Å². The van der Waals surface area contributed by atoms with Crippen molar-refractivity contribution in [3.8, 4) is 10.6 Å². The molecule has 0 aliphatic carbocycles. The number of hydrogen-bond acceptors (Lipinski definition) is 5. The number of halogens is 1. The number of amides is 3. The van der Waals surface area contributed by atoms with Crippen molar-refractivity contribution in [2.45, 2.75) is 18.9 Å². The molecule has 6 nitrogen and oxygen atoms in total. The van der Waals surface area contributed by atoms with Crippen LogP contribution in [0.25, 0.3) is 10.6 Å². The molecule has 2 heterocycles. The molecule has 3 amide bonds. The van der Waals surface area contributed by atoms with Crippen LogP contribution in [0.2, 0.25) is 5.02 Å². The van der Waals surface area contributed by atoms with Crippen molar-refractivity contribution in [1.82, 2.24) is 15.6 Å². The van der Waals surface area contributed by atoms with Gasteiger partial charge in [0.1, 0.15) is 16.7 Å². The summed E-state index contributed by atoms with van der Waals surface area (Å²) in [6.07, 6.45) is 0.508. The zero-order valence-electron chi connectivity index (χ0n) is 11.8. The molecule has 8 heteroatoms. The lowest BCUT2D eigenvalue weighted by atomic mass is 10.1. The van der Waals surface area contributed by atoms with E-state index in [0.717, 1.165) is 5.56 Å². The molecule has 2 N–H and O–H groups in total. The Morgan fingerprint density at radius 2 is 2.04 bits per heavy atom. The SMILES string of the molecule is O=C1CC[C@H](NC(=O)c2csc(-c3ccc(Cl)cc3)n2)C(=O)N1. The summed E-state index contributed by atoms with van der Waals surface area (Å²) in [4.78, 5) is 39.2. The van der Waals surface area contributed by atoms with Gasteiger partial charge in [0.15, 0.2) is 0 Å². The van der Waals surface area contributed by atoms with Gasteiger partial charge in [-0.15, -0.1) is 11.3 Å². The number of carbonyl (C=O) groups excluding carboxylic acids is 3. The van der Waals surface area contributed by atoms with Crippen LogP contribution in [0.4, 0.5) is 0 Å². The highest BCUT2D eigenvalue weighted by Crippen LogP contribution is 2.25. The molecule has 1 aromatic heterocycles. The topological polar surface area (TPSA) is 88.2 Å². The molecule has 1 aliphatic heterocycles. The summed E-state index contributed by atoms with van der Waals surface area (Å²) in [6.45, 7) is 0. The second-order valence-electron chi connectivity index (χ2n) is 5.02. The number of nitrogens with one attached hydrogen (secondary N) is 2. The Morgan fingerprint density at radius 1 is 1.30 bits per heavy atom. The number of piperidine rings is 1. The Morgan fingerprint density at radius 3 is 2.74 bits per heavy atom. The van der Waals surface area contributed by atoms with Crippen LogP contribution < -0.4 is 10.6 Å². The quantitative estimate of drug-likeness (QED) is 0.829. The minimum Gasteiger partial charge on any atom is -0.339 e. The summed E-state index contributed by atoms with van der Waals surface area (Å²) in [5, 5.41) is 7.74. The number of aromatic nitrogens is 1. The van der Waals surface area contributed by atoms with Crippen LogP contribution in [0.15, 0.2) is 29.6 Å². The van der Waals surface area contributed by atoms with E-state index in [2.05, 4.69) is 15.6 Å². The highest BCUT2D eigenvalue weighted by atomic mass is 35.5. The third-order valence-corrected chi connectivity index (χ3v) is 4.52. The molecule has 0 spiro atoms. The van der Waals surface area contributed by atoms with E-state index in [9.17, 15) is 14.4 Å². The van der Waals surface area contributed by atoms with Gasteiger partial charge in [-0.05, 0) is 18.6 Å². The molecule has 0 unspecified atom stereocenters. The van der Waals surface area contributed by atoms with Gasteiger partial charge in [-0.1, -0.05) is 23.7 Å². The first-order chi connectivity index (χ1) is 11.0. The van der Waals surface area contributed by atoms with E-state index in [1.165, 1.54) is 11.3 Å². The highest BCUT2D eigenvalue weighted by molar-refractivity contribution is 7.13. The van der Waals surface area contributed by atoms with E-state index in [4.69, 9.17) is 11.6 Å². The van der Waals surface area contributed by atoms with Crippen LogP contribution in [0.5, 0.6) is 0 Å². The van der Waals surface area contributed by atoms with Gasteiger partial charge < -0.3 is 5.32 Å². The van der Waals surface area contributed by atoms with E-state index in [1.807, 2.05) is 12.1 Å². The van der Waals surface area contributed by atoms with Crippen LogP contribution in [0.1, 0.15) is 23.3 Å². The number of rotatable bonds is 3. The Bertz CT molecular complexity index is 773. The average Bonchev–Trinajstić information content (AvgIpc) is 3.01. The van der Waals surface area contributed by atoms with Crippen molar-refractivity contribution in [3.63, 3.8) is 0 Å². The second-order valence-corrected chi connectivity index (χ2v) is 6.32. The third-order valence-electron chi connectivity index (χ3n) is 3.37. The van der Waals surface area contributed by atoms with E-state index in [0.29, 0.717) is 16.5 Å². The molecule has 1 aliphatic rings. The van der Waals surface area contributed by atoms with E-state index in [1.54, 1.807) is 17.5 Å². The van der Waals surface area contributed by atoms with Crippen LogP contribution in [-0.2, 0) is 9.59 Å². The number of benzene rings is 1. The molecule has 1 saturated heterocycles. The zero-order valence-corrected chi connectivity index (χ0v) is 13.4. The first-order valence-electron chi connectivity index (χ1n) is 6.89. The van der Waals surface area contributed by atoms with Gasteiger partial charge in [-0.25, -0.2) is 4.98 Å². The minimum atomic E-state index is -0.708. The largest absolute Gasteiger partial charge is 0.339 e. The molecule has 1 aromatic carbocycles. The number of carbonyl (C=O) groups is 3. The maximum Gasteiger partial charge on any atom is 0.271 e. The summed E-state index contributed by atoms with van der Waals surface area (Å²) in [5.41, 5.74) is 1.10. The maximum absolute atomic E-state index is 12.2. The molecular formula is C15H12ClN3O3S. The van der Waals surface area contributed by atoms with Crippen LogP contribution in [-0.4, -0.2) is 28.7 Å². The maximum atomic E-state index is 12.2. The molecule has 23 heavy (non-hydrogen) atoms. The fraction of sp³-hybridized carbons (Fsp3) is 0.200. The van der Waals surface area contributed by atoms with E-state index >= 15 is 0 Å². The third kappa shape index (κ3) is 3.57. The molecular weight excluding hydrogens is 338 g/mol. The molecule has 1 fully saturated rings. The molecule has 0 saturated carbocycles. The van der Waals surface area contributed by atoms with Crippen LogP contribution in [0.3, 0.4) is 0 Å². The van der Waals surface area contributed by atoms with Crippen LogP contribution >= 0.6 is 22.9 Å². The van der Waals surface area contributed by atoms with Crippen molar-refractivity contribution in [2.24, 2.45) is 0 Å². The zero-order chi connectivity index (χ0) is 16.4. The van der Waals surface area contributed by atoms with Gasteiger partial charge in [0, 0.05) is 22.4 Å². The first kappa shape index (κ1) is 15.6. The predicted octanol–water partition coefficient (Wildman–Crippen LogP) is 2.00. The number of imide groups is 1. The lowest BCUT2D eigenvalue weighted by molar-refractivity contribution is -0.134. The summed E-state index contributed by atoms with van der Waals surface area (Å²) in [7, 11) is 0. The van der Waals surface area contributed by atoms with Crippen molar-refractivity contribution >= 4 is 40.7 Å². The molecule has 118 valence electrons. The lowest BCUT2D eigenvalue weighted by Gasteiger charge is -2.21. The normalized spacial score (nSPS) is 17.7. The second kappa shape index (κ2) is 6.47. The lowest BCUT2D eigenvalue weighted by Crippen LogP contribution is -2.52. The fourth-order valence-corrected chi connectivity index (χ4v) is 3.10. The van der Waals surface area contributed by atoms with Gasteiger partial charge in [0.2, 0.25) is 11.8 Å². The number of hydrogen-bond donors (Lipinski definition) is 2. The number of nitrogens with zero attached hydrogens (tertiary/aromatic N) is 1.